The Morgan fingerprint density at radius 1 is 1.28 bits per heavy atom. The summed E-state index contributed by atoms with van der Waals surface area (Å²) in [5.74, 6) is 0.964. The van der Waals surface area contributed by atoms with E-state index in [4.69, 9.17) is 4.74 Å². The zero-order chi connectivity index (χ0) is 12.5. The molecule has 0 saturated carbocycles. The van der Waals surface area contributed by atoms with Gasteiger partial charge in [-0.05, 0) is 24.3 Å². The average Bonchev–Trinajstić information content (AvgIpc) is 2.81. The molecule has 0 radical (unpaired) electrons. The Balaban J connectivity index is 2.19. The molecule has 0 spiro atoms. The molecule has 0 atom stereocenters. The van der Waals surface area contributed by atoms with E-state index in [1.54, 1.807) is 31.6 Å². The van der Waals surface area contributed by atoms with Crippen molar-refractivity contribution >= 4 is 11.0 Å². The monoisotopic (exact) mass is 243 g/mol. The Morgan fingerprint density at radius 2 is 2.17 bits per heavy atom. The van der Waals surface area contributed by atoms with Crippen LogP contribution in [0.1, 0.15) is 0 Å². The van der Waals surface area contributed by atoms with Crippen LogP contribution in [0.5, 0.6) is 5.75 Å². The van der Waals surface area contributed by atoms with E-state index in [2.05, 4.69) is 15.0 Å². The average molecular weight is 243 g/mol. The molecule has 0 fully saturated rings. The molecule has 4 nitrogen and oxygen atoms in total. The molecule has 2 heterocycles. The van der Waals surface area contributed by atoms with E-state index >= 15 is 0 Å². The number of ether oxygens (including phenoxy) is 1. The minimum atomic E-state index is -0.292. The summed E-state index contributed by atoms with van der Waals surface area (Å²) in [5, 5.41) is 0. The van der Waals surface area contributed by atoms with Gasteiger partial charge in [-0.15, -0.1) is 0 Å². The lowest BCUT2D eigenvalue weighted by molar-refractivity contribution is 0.414. The van der Waals surface area contributed by atoms with Gasteiger partial charge in [0.1, 0.15) is 17.4 Å². The highest BCUT2D eigenvalue weighted by Gasteiger charge is 2.10. The predicted octanol–water partition coefficient (Wildman–Crippen LogP) is 2.77. The molecule has 0 aliphatic rings. The highest BCUT2D eigenvalue weighted by Crippen LogP contribution is 2.28. The second-order valence-corrected chi connectivity index (χ2v) is 3.82. The van der Waals surface area contributed by atoms with E-state index < -0.39 is 0 Å². The van der Waals surface area contributed by atoms with E-state index in [1.165, 1.54) is 12.1 Å². The Morgan fingerprint density at radius 3 is 3.00 bits per heavy atom. The number of aromatic nitrogens is 3. The highest BCUT2D eigenvalue weighted by molar-refractivity contribution is 5.80. The van der Waals surface area contributed by atoms with Gasteiger partial charge in [0, 0.05) is 6.20 Å². The highest BCUT2D eigenvalue weighted by atomic mass is 19.1. The summed E-state index contributed by atoms with van der Waals surface area (Å²) in [7, 11) is 1.57. The van der Waals surface area contributed by atoms with Gasteiger partial charge in [0.25, 0.3) is 0 Å². The third-order valence-corrected chi connectivity index (χ3v) is 2.70. The van der Waals surface area contributed by atoms with Crippen LogP contribution in [0.3, 0.4) is 0 Å². The van der Waals surface area contributed by atoms with Gasteiger partial charge in [0.05, 0.1) is 29.9 Å². The van der Waals surface area contributed by atoms with Crippen molar-refractivity contribution in [2.45, 2.75) is 0 Å². The summed E-state index contributed by atoms with van der Waals surface area (Å²) in [5.41, 5.74) is 2.17. The van der Waals surface area contributed by atoms with Crippen molar-refractivity contribution in [3.8, 4) is 17.1 Å². The third-order valence-electron chi connectivity index (χ3n) is 2.70. The Labute approximate surface area is 102 Å². The molecule has 90 valence electrons. The molecule has 2 aromatic heterocycles. The number of H-pyrrole nitrogens is 1. The molecular formula is C13H10FN3O. The van der Waals surface area contributed by atoms with E-state index in [0.29, 0.717) is 22.6 Å². The number of imidazole rings is 1. The summed E-state index contributed by atoms with van der Waals surface area (Å²) >= 11 is 0. The van der Waals surface area contributed by atoms with Crippen molar-refractivity contribution in [1.82, 2.24) is 15.0 Å². The number of rotatable bonds is 2. The van der Waals surface area contributed by atoms with E-state index in [1.807, 2.05) is 0 Å². The van der Waals surface area contributed by atoms with Crippen LogP contribution < -0.4 is 4.74 Å². The van der Waals surface area contributed by atoms with Crippen LogP contribution in [-0.4, -0.2) is 22.1 Å². The second-order valence-electron chi connectivity index (χ2n) is 3.82. The first kappa shape index (κ1) is 10.7. The number of benzene rings is 1. The topological polar surface area (TPSA) is 50.8 Å². The van der Waals surface area contributed by atoms with Crippen molar-refractivity contribution < 1.29 is 9.13 Å². The van der Waals surface area contributed by atoms with Crippen LogP contribution >= 0.6 is 0 Å². The van der Waals surface area contributed by atoms with Crippen molar-refractivity contribution in [2.75, 3.05) is 7.11 Å². The number of fused-ring (bicyclic) bond motifs is 1. The number of hydrogen-bond donors (Lipinski definition) is 1. The minimum Gasteiger partial charge on any atom is -0.494 e. The Hall–Kier alpha value is -2.43. The fraction of sp³-hybridized carbons (Fsp3) is 0.0769. The normalized spacial score (nSPS) is 10.8. The maximum absolute atomic E-state index is 13.1. The molecule has 0 aliphatic carbocycles. The van der Waals surface area contributed by atoms with Gasteiger partial charge in [0.2, 0.25) is 0 Å². The van der Waals surface area contributed by atoms with Gasteiger partial charge >= 0.3 is 0 Å². The van der Waals surface area contributed by atoms with Crippen molar-refractivity contribution in [2.24, 2.45) is 0 Å². The summed E-state index contributed by atoms with van der Waals surface area (Å²) in [6.45, 7) is 0. The molecule has 3 aromatic rings. The zero-order valence-corrected chi connectivity index (χ0v) is 9.64. The van der Waals surface area contributed by atoms with Crippen LogP contribution in [-0.2, 0) is 0 Å². The van der Waals surface area contributed by atoms with Gasteiger partial charge in [-0.3, -0.25) is 4.98 Å². The standard InChI is InChI=1S/C13H10FN3O/c1-18-12-7-15-5-4-9(12)13-16-10-3-2-8(14)6-11(10)17-13/h2-7H,1H3,(H,16,17). The number of methoxy groups -OCH3 is 1. The molecule has 0 aliphatic heterocycles. The van der Waals surface area contributed by atoms with E-state index in [-0.39, 0.29) is 5.82 Å². The summed E-state index contributed by atoms with van der Waals surface area (Å²) in [6.07, 6.45) is 3.27. The molecular weight excluding hydrogens is 233 g/mol. The lowest BCUT2D eigenvalue weighted by atomic mass is 10.2. The second kappa shape index (κ2) is 4.10. The molecule has 0 unspecified atom stereocenters. The molecule has 3 rings (SSSR count). The van der Waals surface area contributed by atoms with E-state index in [0.717, 1.165) is 5.56 Å². The maximum atomic E-state index is 13.1. The molecule has 18 heavy (non-hydrogen) atoms. The lowest BCUT2D eigenvalue weighted by Crippen LogP contribution is -1.89. The number of aromatic amines is 1. The first-order valence-electron chi connectivity index (χ1n) is 5.41. The maximum Gasteiger partial charge on any atom is 0.148 e. The molecule has 5 heteroatoms. The van der Waals surface area contributed by atoms with Gasteiger partial charge in [-0.2, -0.15) is 0 Å². The number of nitrogens with zero attached hydrogens (tertiary/aromatic N) is 2. The number of halogens is 1. The molecule has 1 aromatic carbocycles. The van der Waals surface area contributed by atoms with Gasteiger partial charge in [-0.25, -0.2) is 9.37 Å². The summed E-state index contributed by atoms with van der Waals surface area (Å²) < 4.78 is 18.3. The molecule has 0 amide bonds. The van der Waals surface area contributed by atoms with Crippen molar-refractivity contribution in [3.05, 3.63) is 42.5 Å². The first-order chi connectivity index (χ1) is 8.78. The van der Waals surface area contributed by atoms with Crippen LogP contribution in [0, 0.1) is 5.82 Å². The number of pyridine rings is 1. The summed E-state index contributed by atoms with van der Waals surface area (Å²) in [6, 6.07) is 6.24. The van der Waals surface area contributed by atoms with Gasteiger partial charge in [0.15, 0.2) is 0 Å². The first-order valence-corrected chi connectivity index (χ1v) is 5.41. The van der Waals surface area contributed by atoms with E-state index in [9.17, 15) is 4.39 Å². The number of hydrogen-bond acceptors (Lipinski definition) is 3. The number of nitrogens with one attached hydrogen (secondary N) is 1. The smallest absolute Gasteiger partial charge is 0.148 e. The van der Waals surface area contributed by atoms with Gasteiger partial charge < -0.3 is 9.72 Å². The third kappa shape index (κ3) is 1.69. The van der Waals surface area contributed by atoms with Crippen molar-refractivity contribution in [1.29, 1.82) is 0 Å². The van der Waals surface area contributed by atoms with Crippen molar-refractivity contribution in [3.63, 3.8) is 0 Å². The van der Waals surface area contributed by atoms with Crippen LogP contribution in [0.2, 0.25) is 0 Å². The lowest BCUT2D eigenvalue weighted by Gasteiger charge is -2.03. The molecule has 0 saturated heterocycles. The zero-order valence-electron chi connectivity index (χ0n) is 9.64. The van der Waals surface area contributed by atoms with Crippen LogP contribution in [0.25, 0.3) is 22.4 Å². The molecule has 0 bridgehead atoms. The largest absolute Gasteiger partial charge is 0.494 e. The summed E-state index contributed by atoms with van der Waals surface area (Å²) in [4.78, 5) is 11.5. The van der Waals surface area contributed by atoms with Crippen LogP contribution in [0.15, 0.2) is 36.7 Å². The van der Waals surface area contributed by atoms with Gasteiger partial charge in [-0.1, -0.05) is 0 Å². The Bertz CT molecular complexity index is 708. The quantitative estimate of drug-likeness (QED) is 0.753. The molecule has 1 N–H and O–H groups in total. The Kier molecular flexibility index (Phi) is 2.44. The fourth-order valence-electron chi connectivity index (χ4n) is 1.85. The van der Waals surface area contributed by atoms with Crippen LogP contribution in [0.4, 0.5) is 4.39 Å². The SMILES string of the molecule is COc1cnccc1-c1nc2ccc(F)cc2[nH]1. The predicted molar refractivity (Wildman–Crippen MR) is 65.8 cm³/mol. The fourth-order valence-corrected chi connectivity index (χ4v) is 1.85. The minimum absolute atomic E-state index is 0.292.